The molecule has 0 bridgehead atoms. The first-order valence-electron chi connectivity index (χ1n) is 9.22. The van der Waals surface area contributed by atoms with Crippen molar-refractivity contribution < 1.29 is 9.53 Å². The van der Waals surface area contributed by atoms with E-state index in [-0.39, 0.29) is 17.6 Å². The fourth-order valence-electron chi connectivity index (χ4n) is 4.01. The summed E-state index contributed by atoms with van der Waals surface area (Å²) in [5.41, 5.74) is 0.836. The van der Waals surface area contributed by atoms with Gasteiger partial charge in [0.05, 0.1) is 6.04 Å². The molecule has 1 aromatic rings. The first-order chi connectivity index (χ1) is 11.4. The number of ether oxygens (including phenoxy) is 1. The Bertz CT molecular complexity index is 579. The van der Waals surface area contributed by atoms with Gasteiger partial charge in [-0.3, -0.25) is 4.79 Å². The van der Waals surface area contributed by atoms with E-state index in [4.69, 9.17) is 4.74 Å². The Labute approximate surface area is 145 Å². The highest BCUT2D eigenvalue weighted by Gasteiger charge is 2.34. The Hall–Kier alpha value is -1.55. The molecule has 4 nitrogen and oxygen atoms in total. The minimum absolute atomic E-state index is 0.0362. The molecule has 2 N–H and O–H groups in total. The van der Waals surface area contributed by atoms with Gasteiger partial charge in [0.1, 0.15) is 11.4 Å². The minimum atomic E-state index is -0.259. The highest BCUT2D eigenvalue weighted by atomic mass is 16.5. The minimum Gasteiger partial charge on any atom is -0.487 e. The molecule has 132 valence electrons. The van der Waals surface area contributed by atoms with E-state index in [1.54, 1.807) is 0 Å². The fourth-order valence-corrected chi connectivity index (χ4v) is 4.01. The van der Waals surface area contributed by atoms with Gasteiger partial charge in [-0.1, -0.05) is 25.1 Å². The number of carbonyl (C=O) groups excluding carboxylic acids is 1. The zero-order valence-electron chi connectivity index (χ0n) is 15.1. The first-order valence-corrected chi connectivity index (χ1v) is 9.22. The summed E-state index contributed by atoms with van der Waals surface area (Å²) >= 11 is 0. The van der Waals surface area contributed by atoms with Crippen molar-refractivity contribution in [3.63, 3.8) is 0 Å². The second-order valence-corrected chi connectivity index (χ2v) is 8.01. The summed E-state index contributed by atoms with van der Waals surface area (Å²) in [6, 6.07) is 8.08. The van der Waals surface area contributed by atoms with Gasteiger partial charge in [0.15, 0.2) is 0 Å². The number of amides is 1. The van der Waals surface area contributed by atoms with Crippen LogP contribution in [0.3, 0.4) is 0 Å². The molecule has 1 saturated heterocycles. The number of hydrogen-bond donors (Lipinski definition) is 2. The summed E-state index contributed by atoms with van der Waals surface area (Å²) in [6.45, 7) is 8.53. The lowest BCUT2D eigenvalue weighted by Gasteiger charge is -2.38. The Morgan fingerprint density at radius 3 is 2.96 bits per heavy atom. The maximum absolute atomic E-state index is 12.6. The number of nitrogens with one attached hydrogen (secondary N) is 2. The third-order valence-corrected chi connectivity index (χ3v) is 5.36. The average molecular weight is 330 g/mol. The van der Waals surface area contributed by atoms with Crippen LogP contribution in [0.25, 0.3) is 0 Å². The van der Waals surface area contributed by atoms with Crippen LogP contribution in [0.1, 0.15) is 58.1 Å². The molecule has 0 spiro atoms. The number of rotatable bonds is 4. The molecule has 0 aliphatic carbocycles. The summed E-state index contributed by atoms with van der Waals surface area (Å²) in [5, 5.41) is 6.71. The van der Waals surface area contributed by atoms with E-state index in [1.807, 2.05) is 18.2 Å². The average Bonchev–Trinajstić information content (AvgIpc) is 2.54. The number of benzene rings is 1. The van der Waals surface area contributed by atoms with Gasteiger partial charge in [-0.05, 0) is 57.7 Å². The van der Waals surface area contributed by atoms with E-state index in [0.717, 1.165) is 30.8 Å². The van der Waals surface area contributed by atoms with Gasteiger partial charge in [-0.15, -0.1) is 0 Å². The molecular formula is C20H30N2O2. The molecular weight excluding hydrogens is 300 g/mol. The summed E-state index contributed by atoms with van der Waals surface area (Å²) in [4.78, 5) is 12.6. The monoisotopic (exact) mass is 330 g/mol. The van der Waals surface area contributed by atoms with E-state index >= 15 is 0 Å². The molecule has 2 aliphatic heterocycles. The maximum Gasteiger partial charge on any atom is 0.220 e. The number of para-hydroxylation sites is 1. The number of carbonyl (C=O) groups is 1. The molecule has 3 unspecified atom stereocenters. The lowest BCUT2D eigenvalue weighted by atomic mass is 9.85. The van der Waals surface area contributed by atoms with Crippen molar-refractivity contribution in [3.8, 4) is 5.75 Å². The van der Waals surface area contributed by atoms with Gasteiger partial charge in [0.25, 0.3) is 0 Å². The van der Waals surface area contributed by atoms with Crippen LogP contribution in [-0.4, -0.2) is 24.6 Å². The second kappa shape index (κ2) is 7.14. The quantitative estimate of drug-likeness (QED) is 0.889. The third kappa shape index (κ3) is 4.10. The molecule has 2 aliphatic rings. The van der Waals surface area contributed by atoms with Crippen molar-refractivity contribution in [3.05, 3.63) is 29.8 Å². The summed E-state index contributed by atoms with van der Waals surface area (Å²) in [5.74, 6) is 2.08. The van der Waals surface area contributed by atoms with E-state index in [2.05, 4.69) is 37.5 Å². The van der Waals surface area contributed by atoms with Gasteiger partial charge in [-0.25, -0.2) is 0 Å². The van der Waals surface area contributed by atoms with E-state index in [0.29, 0.717) is 18.3 Å². The van der Waals surface area contributed by atoms with Crippen molar-refractivity contribution in [2.75, 3.05) is 13.1 Å². The van der Waals surface area contributed by atoms with Crippen molar-refractivity contribution in [1.29, 1.82) is 0 Å². The highest BCUT2D eigenvalue weighted by Crippen LogP contribution is 2.39. The molecule has 2 heterocycles. The Kier molecular flexibility index (Phi) is 5.14. The summed E-state index contributed by atoms with van der Waals surface area (Å²) in [6.07, 6.45) is 3.86. The maximum atomic E-state index is 12.6. The standard InChI is InChI=1S/C20H30N2O2/c1-14(15-7-6-10-21-13-15)11-19(23)22-17-12-20(2,3)24-18-9-5-4-8-16(17)18/h4-5,8-9,14-15,17,21H,6-7,10-13H2,1-3H3,(H,22,23). The largest absolute Gasteiger partial charge is 0.487 e. The van der Waals surface area contributed by atoms with Crippen LogP contribution in [0.2, 0.25) is 0 Å². The summed E-state index contributed by atoms with van der Waals surface area (Å²) < 4.78 is 6.05. The van der Waals surface area contributed by atoms with E-state index in [9.17, 15) is 4.79 Å². The fraction of sp³-hybridized carbons (Fsp3) is 0.650. The molecule has 0 radical (unpaired) electrons. The topological polar surface area (TPSA) is 50.4 Å². The van der Waals surface area contributed by atoms with Gasteiger partial charge in [0, 0.05) is 18.4 Å². The van der Waals surface area contributed by atoms with Crippen LogP contribution in [-0.2, 0) is 4.79 Å². The normalized spacial score (nSPS) is 26.8. The zero-order chi connectivity index (χ0) is 17.2. The van der Waals surface area contributed by atoms with Gasteiger partial charge >= 0.3 is 0 Å². The zero-order valence-corrected chi connectivity index (χ0v) is 15.1. The van der Waals surface area contributed by atoms with Crippen LogP contribution in [0.15, 0.2) is 24.3 Å². The Balaban J connectivity index is 1.63. The molecule has 1 fully saturated rings. The van der Waals surface area contributed by atoms with Crippen molar-refractivity contribution in [1.82, 2.24) is 10.6 Å². The van der Waals surface area contributed by atoms with Gasteiger partial charge in [0.2, 0.25) is 5.91 Å². The Morgan fingerprint density at radius 2 is 2.21 bits per heavy atom. The van der Waals surface area contributed by atoms with E-state index in [1.165, 1.54) is 12.8 Å². The number of fused-ring (bicyclic) bond motifs is 1. The third-order valence-electron chi connectivity index (χ3n) is 5.36. The molecule has 1 aromatic carbocycles. The Morgan fingerprint density at radius 1 is 1.42 bits per heavy atom. The lowest BCUT2D eigenvalue weighted by molar-refractivity contribution is -0.123. The predicted molar refractivity (Wildman–Crippen MR) is 96.0 cm³/mol. The predicted octanol–water partition coefficient (Wildman–Crippen LogP) is 3.43. The highest BCUT2D eigenvalue weighted by molar-refractivity contribution is 5.77. The number of piperidine rings is 1. The second-order valence-electron chi connectivity index (χ2n) is 8.01. The van der Waals surface area contributed by atoms with Crippen LogP contribution >= 0.6 is 0 Å². The molecule has 0 saturated carbocycles. The van der Waals surface area contributed by atoms with Crippen LogP contribution in [0.5, 0.6) is 5.75 Å². The van der Waals surface area contributed by atoms with Crippen LogP contribution in [0, 0.1) is 11.8 Å². The molecule has 24 heavy (non-hydrogen) atoms. The number of hydrogen-bond acceptors (Lipinski definition) is 3. The van der Waals surface area contributed by atoms with Gasteiger partial charge in [-0.2, -0.15) is 0 Å². The lowest BCUT2D eigenvalue weighted by Crippen LogP contribution is -2.42. The van der Waals surface area contributed by atoms with E-state index < -0.39 is 0 Å². The SMILES string of the molecule is CC(CC(=O)NC1CC(C)(C)Oc2ccccc21)C1CCCNC1. The molecule has 1 amide bonds. The smallest absolute Gasteiger partial charge is 0.220 e. The van der Waals surface area contributed by atoms with Crippen molar-refractivity contribution in [2.45, 2.75) is 58.1 Å². The molecule has 3 rings (SSSR count). The molecule has 4 heteroatoms. The molecule has 3 atom stereocenters. The van der Waals surface area contributed by atoms with Crippen LogP contribution < -0.4 is 15.4 Å². The summed E-state index contributed by atoms with van der Waals surface area (Å²) in [7, 11) is 0. The first kappa shape index (κ1) is 17.3. The van der Waals surface area contributed by atoms with Crippen LogP contribution in [0.4, 0.5) is 0 Å². The molecule has 0 aromatic heterocycles. The van der Waals surface area contributed by atoms with Crippen molar-refractivity contribution in [2.24, 2.45) is 11.8 Å². The van der Waals surface area contributed by atoms with Crippen molar-refractivity contribution >= 4 is 5.91 Å². The van der Waals surface area contributed by atoms with Gasteiger partial charge < -0.3 is 15.4 Å².